The maximum Gasteiger partial charge on any atom is 0.271 e. The lowest BCUT2D eigenvalue weighted by Crippen LogP contribution is -2.53. The number of halogens is 3. The number of carbonyl (C=O) groups is 4. The van der Waals surface area contributed by atoms with Crippen molar-refractivity contribution in [3.8, 4) is 0 Å². The van der Waals surface area contributed by atoms with E-state index in [1.165, 1.54) is 6.07 Å². The van der Waals surface area contributed by atoms with Crippen molar-refractivity contribution in [2.75, 3.05) is 6.54 Å². The Kier molecular flexibility index (Phi) is 7.33. The number of H-pyrrole nitrogens is 1. The molecule has 7 nitrogen and oxygen atoms in total. The van der Waals surface area contributed by atoms with Crippen LogP contribution in [-0.2, 0) is 14.4 Å². The zero-order valence-electron chi connectivity index (χ0n) is 20.6. The van der Waals surface area contributed by atoms with Gasteiger partial charge in [0.15, 0.2) is 5.78 Å². The number of hydrogen-bond acceptors (Lipinski definition) is 4. The zero-order chi connectivity index (χ0) is 26.4. The smallest absolute Gasteiger partial charge is 0.271 e. The molecule has 1 aliphatic heterocycles. The van der Waals surface area contributed by atoms with Gasteiger partial charge in [0.1, 0.15) is 28.4 Å². The summed E-state index contributed by atoms with van der Waals surface area (Å²) in [5, 5.41) is 3.31. The first-order valence-electron chi connectivity index (χ1n) is 13.0. The zero-order valence-corrected chi connectivity index (χ0v) is 22.1. The highest BCUT2D eigenvalue weighted by Crippen LogP contribution is 2.43. The van der Waals surface area contributed by atoms with Crippen LogP contribution in [-0.4, -0.2) is 51.9 Å². The number of rotatable bonds is 7. The van der Waals surface area contributed by atoms with Crippen LogP contribution in [0.15, 0.2) is 12.1 Å². The van der Waals surface area contributed by atoms with Gasteiger partial charge < -0.3 is 15.2 Å². The Balaban J connectivity index is 1.41. The molecule has 37 heavy (non-hydrogen) atoms. The molecular weight excluding hydrogens is 520 g/mol. The molecular formula is C27H30Cl2FN3O4. The van der Waals surface area contributed by atoms with Crippen LogP contribution in [0.25, 0.3) is 10.9 Å². The number of Topliss-reactive ketones (excluding diaryl/α,β-unsaturated/α-hetero) is 2. The number of hydrogen-bond donors (Lipinski definition) is 2. The largest absolute Gasteiger partial charge is 0.349 e. The van der Waals surface area contributed by atoms with Gasteiger partial charge in [-0.05, 0) is 56.1 Å². The number of nitrogens with one attached hydrogen (secondary N) is 2. The minimum absolute atomic E-state index is 0.0107. The van der Waals surface area contributed by atoms with Crippen molar-refractivity contribution in [1.82, 2.24) is 15.2 Å². The molecule has 0 bridgehead atoms. The molecule has 5 atom stereocenters. The normalized spacial score (nSPS) is 26.1. The lowest BCUT2D eigenvalue weighted by atomic mass is 9.91. The van der Waals surface area contributed by atoms with Crippen LogP contribution < -0.4 is 5.32 Å². The quantitative estimate of drug-likeness (QED) is 0.470. The Bertz CT molecular complexity index is 1280. The number of carbonyl (C=O) groups excluding carboxylic acids is 4. The summed E-state index contributed by atoms with van der Waals surface area (Å²) < 4.78 is 14.1. The SMILES string of the molecule is CCC(=O)[C@H](C[C@@H]1CCCC1=O)NC(=O)[C@@H]1[C@H]2CCC[C@H]2CN1C(=O)c1cc2c(Cl)cc(F)c(Cl)c2[nH]1. The molecule has 3 aliphatic rings. The summed E-state index contributed by atoms with van der Waals surface area (Å²) >= 11 is 12.3. The number of amides is 2. The summed E-state index contributed by atoms with van der Waals surface area (Å²) in [7, 11) is 0. The number of fused-ring (bicyclic) bond motifs is 2. The monoisotopic (exact) mass is 549 g/mol. The van der Waals surface area contributed by atoms with Crippen molar-refractivity contribution in [3.63, 3.8) is 0 Å². The molecule has 3 fully saturated rings. The van der Waals surface area contributed by atoms with Gasteiger partial charge in [-0.3, -0.25) is 19.2 Å². The Morgan fingerprint density at radius 3 is 2.68 bits per heavy atom. The van der Waals surface area contributed by atoms with E-state index in [2.05, 4.69) is 10.3 Å². The van der Waals surface area contributed by atoms with Crippen molar-refractivity contribution in [2.45, 2.75) is 70.4 Å². The number of aromatic nitrogens is 1. The van der Waals surface area contributed by atoms with E-state index in [4.69, 9.17) is 23.2 Å². The topological polar surface area (TPSA) is 99.3 Å². The highest BCUT2D eigenvalue weighted by atomic mass is 35.5. The lowest BCUT2D eigenvalue weighted by Gasteiger charge is -2.29. The molecule has 0 spiro atoms. The van der Waals surface area contributed by atoms with Gasteiger partial charge in [0.25, 0.3) is 5.91 Å². The van der Waals surface area contributed by atoms with Crippen molar-refractivity contribution in [1.29, 1.82) is 0 Å². The summed E-state index contributed by atoms with van der Waals surface area (Å²) in [5.74, 6) is -1.48. The standard InChI is InChI=1S/C27H30Cl2FN3O4/c1-2-21(34)19(9-13-5-4-8-22(13)35)32-26(36)25-15-7-3-6-14(15)12-33(25)27(37)20-10-16-17(28)11-18(30)23(29)24(16)31-20/h10-11,13-15,19,25,31H,2-9,12H2,1H3,(H,32,36)/t13-,14-,15-,19-,25-/m0/s1. The molecule has 2 aromatic rings. The highest BCUT2D eigenvalue weighted by Gasteiger charge is 2.50. The van der Waals surface area contributed by atoms with E-state index in [1.54, 1.807) is 11.8 Å². The fraction of sp³-hybridized carbons (Fsp3) is 0.556. The van der Waals surface area contributed by atoms with E-state index in [0.717, 1.165) is 38.2 Å². The summed E-state index contributed by atoms with van der Waals surface area (Å²) in [6.45, 7) is 2.16. The van der Waals surface area contributed by atoms with Crippen molar-refractivity contribution >= 4 is 57.5 Å². The van der Waals surface area contributed by atoms with Crippen LogP contribution in [0.5, 0.6) is 0 Å². The lowest BCUT2D eigenvalue weighted by molar-refractivity contribution is -0.131. The number of aromatic amines is 1. The van der Waals surface area contributed by atoms with E-state index in [-0.39, 0.29) is 62.9 Å². The van der Waals surface area contributed by atoms with Gasteiger partial charge in [0.2, 0.25) is 5.91 Å². The molecule has 2 heterocycles. The van der Waals surface area contributed by atoms with Crippen LogP contribution in [0.3, 0.4) is 0 Å². The molecule has 1 aromatic heterocycles. The first-order chi connectivity index (χ1) is 17.7. The third-order valence-corrected chi connectivity index (χ3v) is 9.10. The predicted molar refractivity (Wildman–Crippen MR) is 138 cm³/mol. The predicted octanol–water partition coefficient (Wildman–Crippen LogP) is 5.08. The first-order valence-corrected chi connectivity index (χ1v) is 13.8. The molecule has 10 heteroatoms. The second-order valence-corrected chi connectivity index (χ2v) is 11.3. The van der Waals surface area contributed by atoms with Crippen LogP contribution in [0, 0.1) is 23.6 Å². The fourth-order valence-electron chi connectivity index (χ4n) is 6.50. The number of ketones is 2. The molecule has 2 N–H and O–H groups in total. The summed E-state index contributed by atoms with van der Waals surface area (Å²) in [6, 6.07) is 1.14. The average molecular weight is 550 g/mol. The van der Waals surface area contributed by atoms with Gasteiger partial charge in [0, 0.05) is 30.7 Å². The van der Waals surface area contributed by atoms with Crippen LogP contribution in [0.4, 0.5) is 4.39 Å². The van der Waals surface area contributed by atoms with Gasteiger partial charge in [-0.15, -0.1) is 0 Å². The second-order valence-electron chi connectivity index (χ2n) is 10.6. The summed E-state index contributed by atoms with van der Waals surface area (Å²) in [6.07, 6.45) is 5.31. The molecule has 2 saturated carbocycles. The van der Waals surface area contributed by atoms with Crippen molar-refractivity contribution in [3.05, 3.63) is 33.7 Å². The van der Waals surface area contributed by atoms with Crippen molar-refractivity contribution < 1.29 is 23.6 Å². The molecule has 1 saturated heterocycles. The molecule has 5 rings (SSSR count). The van der Waals surface area contributed by atoms with Gasteiger partial charge in [-0.2, -0.15) is 0 Å². The Labute approximate surface area is 224 Å². The van der Waals surface area contributed by atoms with Crippen LogP contribution in [0.1, 0.15) is 68.8 Å². The van der Waals surface area contributed by atoms with Crippen LogP contribution in [0.2, 0.25) is 10.0 Å². The summed E-state index contributed by atoms with van der Waals surface area (Å²) in [4.78, 5) is 56.8. The van der Waals surface area contributed by atoms with E-state index in [9.17, 15) is 23.6 Å². The molecule has 198 valence electrons. The number of nitrogens with zero attached hydrogens (tertiary/aromatic N) is 1. The van der Waals surface area contributed by atoms with E-state index < -0.39 is 23.8 Å². The fourth-order valence-corrected chi connectivity index (χ4v) is 6.95. The number of benzene rings is 1. The summed E-state index contributed by atoms with van der Waals surface area (Å²) in [5.41, 5.74) is 0.394. The highest BCUT2D eigenvalue weighted by molar-refractivity contribution is 6.40. The van der Waals surface area contributed by atoms with Crippen LogP contribution >= 0.6 is 23.2 Å². The molecule has 2 aliphatic carbocycles. The molecule has 0 radical (unpaired) electrons. The van der Waals surface area contributed by atoms with Gasteiger partial charge in [-0.25, -0.2) is 4.39 Å². The third kappa shape index (κ3) is 4.78. The number of likely N-dealkylation sites (tertiary alicyclic amines) is 1. The molecule has 1 aromatic carbocycles. The minimum Gasteiger partial charge on any atom is -0.349 e. The Morgan fingerprint density at radius 2 is 1.97 bits per heavy atom. The van der Waals surface area contributed by atoms with E-state index >= 15 is 0 Å². The minimum atomic E-state index is -0.754. The van der Waals surface area contributed by atoms with Gasteiger partial charge in [-0.1, -0.05) is 36.5 Å². The maximum atomic E-state index is 14.1. The third-order valence-electron chi connectivity index (χ3n) is 8.41. The van der Waals surface area contributed by atoms with Gasteiger partial charge >= 0.3 is 0 Å². The van der Waals surface area contributed by atoms with Crippen molar-refractivity contribution in [2.24, 2.45) is 17.8 Å². The molecule has 2 amide bonds. The van der Waals surface area contributed by atoms with E-state index in [1.807, 2.05) is 0 Å². The van der Waals surface area contributed by atoms with E-state index in [0.29, 0.717) is 24.8 Å². The average Bonchev–Trinajstić information content (AvgIpc) is 3.65. The Hall–Kier alpha value is -2.45. The first kappa shape index (κ1) is 26.2. The molecule has 0 unspecified atom stereocenters. The second kappa shape index (κ2) is 10.4. The van der Waals surface area contributed by atoms with Gasteiger partial charge in [0.05, 0.1) is 16.6 Å². The maximum absolute atomic E-state index is 14.1. The Morgan fingerprint density at radius 1 is 1.19 bits per heavy atom.